The molecule has 1 aliphatic rings. The predicted octanol–water partition coefficient (Wildman–Crippen LogP) is 2.57. The number of nitro benzene ring substituents is 1. The average molecular weight is 293 g/mol. The summed E-state index contributed by atoms with van der Waals surface area (Å²) in [7, 11) is 5.45. The van der Waals surface area contributed by atoms with Gasteiger partial charge in [0, 0.05) is 19.1 Å². The van der Waals surface area contributed by atoms with E-state index in [0.29, 0.717) is 23.5 Å². The molecule has 0 heterocycles. The van der Waals surface area contributed by atoms with Gasteiger partial charge in [-0.05, 0) is 44.9 Å². The summed E-state index contributed by atoms with van der Waals surface area (Å²) in [4.78, 5) is 13.0. The van der Waals surface area contributed by atoms with Crippen molar-refractivity contribution in [2.24, 2.45) is 0 Å². The molecule has 0 amide bonds. The molecule has 1 N–H and O–H groups in total. The molecule has 0 atom stereocenters. The van der Waals surface area contributed by atoms with Gasteiger partial charge in [-0.2, -0.15) is 0 Å². The number of methoxy groups -OCH3 is 1. The van der Waals surface area contributed by atoms with Gasteiger partial charge in [-0.3, -0.25) is 10.1 Å². The maximum absolute atomic E-state index is 11.3. The summed E-state index contributed by atoms with van der Waals surface area (Å²) < 4.78 is 5.08. The number of nitro groups is 1. The summed E-state index contributed by atoms with van der Waals surface area (Å²) in [5.74, 6) is 0.512. The van der Waals surface area contributed by atoms with Crippen LogP contribution in [0.3, 0.4) is 0 Å². The Labute approximate surface area is 125 Å². The fourth-order valence-electron chi connectivity index (χ4n) is 3.02. The van der Waals surface area contributed by atoms with Crippen molar-refractivity contribution in [1.29, 1.82) is 0 Å². The molecule has 2 rings (SSSR count). The zero-order chi connectivity index (χ0) is 15.4. The first-order valence-electron chi connectivity index (χ1n) is 7.29. The minimum absolute atomic E-state index is 0.104. The highest BCUT2D eigenvalue weighted by Crippen LogP contribution is 2.35. The van der Waals surface area contributed by atoms with E-state index in [0.717, 1.165) is 25.7 Å². The second-order valence-electron chi connectivity index (χ2n) is 5.52. The molecule has 1 aromatic rings. The molecule has 1 fully saturated rings. The molecule has 0 spiro atoms. The molecule has 0 unspecified atom stereocenters. The number of nitrogens with one attached hydrogen (secondary N) is 1. The van der Waals surface area contributed by atoms with E-state index in [1.807, 2.05) is 19.0 Å². The zero-order valence-corrected chi connectivity index (χ0v) is 12.8. The van der Waals surface area contributed by atoms with E-state index in [1.54, 1.807) is 12.1 Å². The van der Waals surface area contributed by atoms with Crippen molar-refractivity contribution in [3.63, 3.8) is 0 Å². The summed E-state index contributed by atoms with van der Waals surface area (Å²) in [5, 5.41) is 14.6. The monoisotopic (exact) mass is 293 g/mol. The molecule has 0 saturated heterocycles. The Hall–Kier alpha value is -1.82. The lowest BCUT2D eigenvalue weighted by Gasteiger charge is -2.35. The summed E-state index contributed by atoms with van der Waals surface area (Å²) in [6.07, 6.45) is 4.31. The summed E-state index contributed by atoms with van der Waals surface area (Å²) in [6, 6.07) is 5.96. The highest BCUT2D eigenvalue weighted by atomic mass is 16.6. The van der Waals surface area contributed by atoms with Crippen LogP contribution in [0, 0.1) is 10.1 Å². The van der Waals surface area contributed by atoms with E-state index in [9.17, 15) is 10.1 Å². The molecule has 0 radical (unpaired) electrons. The van der Waals surface area contributed by atoms with Crippen molar-refractivity contribution in [2.45, 2.75) is 37.8 Å². The Bertz CT molecular complexity index is 499. The van der Waals surface area contributed by atoms with E-state index < -0.39 is 0 Å². The van der Waals surface area contributed by atoms with Gasteiger partial charge in [-0.15, -0.1) is 0 Å². The number of hydrogen-bond donors (Lipinski definition) is 1. The highest BCUT2D eigenvalue weighted by molar-refractivity contribution is 5.65. The van der Waals surface area contributed by atoms with E-state index >= 15 is 0 Å². The Morgan fingerprint density at radius 2 is 2.00 bits per heavy atom. The number of benzene rings is 1. The second kappa shape index (κ2) is 6.76. The fourth-order valence-corrected chi connectivity index (χ4v) is 3.02. The van der Waals surface area contributed by atoms with Gasteiger partial charge in [-0.1, -0.05) is 0 Å². The molecule has 6 heteroatoms. The number of ether oxygens (including phenoxy) is 1. The largest absolute Gasteiger partial charge is 0.496 e. The van der Waals surface area contributed by atoms with Gasteiger partial charge in [0.2, 0.25) is 0 Å². The molecule has 0 aromatic heterocycles. The predicted molar refractivity (Wildman–Crippen MR) is 83.2 cm³/mol. The van der Waals surface area contributed by atoms with Crippen molar-refractivity contribution in [3.8, 4) is 5.75 Å². The Kier molecular flexibility index (Phi) is 5.01. The van der Waals surface area contributed by atoms with Gasteiger partial charge in [0.1, 0.15) is 11.4 Å². The summed E-state index contributed by atoms with van der Waals surface area (Å²) in [6.45, 7) is 0. The maximum atomic E-state index is 11.3. The van der Waals surface area contributed by atoms with Crippen LogP contribution in [0.5, 0.6) is 5.75 Å². The first-order chi connectivity index (χ1) is 10.1. The van der Waals surface area contributed by atoms with Crippen LogP contribution < -0.4 is 15.0 Å². The molecular formula is C15H23N3O3. The van der Waals surface area contributed by atoms with E-state index in [-0.39, 0.29) is 10.6 Å². The fraction of sp³-hybridized carbons (Fsp3) is 0.600. The van der Waals surface area contributed by atoms with Crippen molar-refractivity contribution < 1.29 is 9.66 Å². The molecule has 116 valence electrons. The molecule has 21 heavy (non-hydrogen) atoms. The lowest BCUT2D eigenvalue weighted by atomic mass is 9.90. The smallest absolute Gasteiger partial charge is 0.296 e. The lowest BCUT2D eigenvalue weighted by molar-refractivity contribution is -0.384. The van der Waals surface area contributed by atoms with E-state index in [1.165, 1.54) is 13.2 Å². The normalized spacial score (nSPS) is 21.9. The van der Waals surface area contributed by atoms with Crippen LogP contribution in [0.25, 0.3) is 0 Å². The van der Waals surface area contributed by atoms with Crippen molar-refractivity contribution >= 4 is 11.4 Å². The van der Waals surface area contributed by atoms with E-state index in [4.69, 9.17) is 4.74 Å². The van der Waals surface area contributed by atoms with Crippen molar-refractivity contribution in [1.82, 2.24) is 5.32 Å². The van der Waals surface area contributed by atoms with Gasteiger partial charge < -0.3 is 15.0 Å². The van der Waals surface area contributed by atoms with Crippen LogP contribution in [0.4, 0.5) is 11.4 Å². The van der Waals surface area contributed by atoms with Crippen LogP contribution in [-0.4, -0.2) is 38.2 Å². The molecule has 0 aliphatic heterocycles. The van der Waals surface area contributed by atoms with Crippen LogP contribution >= 0.6 is 0 Å². The molecule has 0 bridgehead atoms. The van der Waals surface area contributed by atoms with Crippen molar-refractivity contribution in [3.05, 3.63) is 28.3 Å². The number of anilines is 1. The SMILES string of the molecule is CNC1CCC(N(C)c2ccc(OC)cc2[N+](=O)[O-])CC1. The molecule has 1 aliphatic carbocycles. The van der Waals surface area contributed by atoms with Gasteiger partial charge in [0.25, 0.3) is 5.69 Å². The van der Waals surface area contributed by atoms with E-state index in [2.05, 4.69) is 5.32 Å². The molecule has 1 saturated carbocycles. The van der Waals surface area contributed by atoms with Crippen LogP contribution in [0.2, 0.25) is 0 Å². The third kappa shape index (κ3) is 3.44. The minimum Gasteiger partial charge on any atom is -0.496 e. The molecular weight excluding hydrogens is 270 g/mol. The average Bonchev–Trinajstić information content (AvgIpc) is 2.53. The minimum atomic E-state index is -0.340. The quantitative estimate of drug-likeness (QED) is 0.667. The number of rotatable bonds is 5. The molecule has 1 aromatic carbocycles. The Balaban J connectivity index is 2.19. The van der Waals surface area contributed by atoms with Crippen LogP contribution in [0.1, 0.15) is 25.7 Å². The summed E-state index contributed by atoms with van der Waals surface area (Å²) in [5.41, 5.74) is 0.765. The van der Waals surface area contributed by atoms with Gasteiger partial charge in [0.15, 0.2) is 0 Å². The zero-order valence-electron chi connectivity index (χ0n) is 12.8. The standard InChI is InChI=1S/C15H23N3O3/c1-16-11-4-6-12(7-5-11)17(2)14-9-8-13(21-3)10-15(14)18(19)20/h8-12,16H,4-7H2,1-3H3. The highest BCUT2D eigenvalue weighted by Gasteiger charge is 2.27. The first kappa shape index (κ1) is 15.6. The van der Waals surface area contributed by atoms with Crippen LogP contribution in [-0.2, 0) is 0 Å². The Morgan fingerprint density at radius 3 is 2.52 bits per heavy atom. The molecule has 6 nitrogen and oxygen atoms in total. The van der Waals surface area contributed by atoms with Gasteiger partial charge >= 0.3 is 0 Å². The lowest BCUT2D eigenvalue weighted by Crippen LogP contribution is -2.40. The van der Waals surface area contributed by atoms with Crippen molar-refractivity contribution in [2.75, 3.05) is 26.1 Å². The van der Waals surface area contributed by atoms with Gasteiger partial charge in [-0.25, -0.2) is 0 Å². The second-order valence-corrected chi connectivity index (χ2v) is 5.52. The number of hydrogen-bond acceptors (Lipinski definition) is 5. The van der Waals surface area contributed by atoms with Crippen LogP contribution in [0.15, 0.2) is 18.2 Å². The number of nitrogens with zero attached hydrogens (tertiary/aromatic N) is 2. The third-order valence-electron chi connectivity index (χ3n) is 4.41. The first-order valence-corrected chi connectivity index (χ1v) is 7.29. The summed E-state index contributed by atoms with van der Waals surface area (Å²) >= 11 is 0. The topological polar surface area (TPSA) is 67.6 Å². The van der Waals surface area contributed by atoms with Gasteiger partial charge in [0.05, 0.1) is 18.1 Å². The Morgan fingerprint density at radius 1 is 1.33 bits per heavy atom. The third-order valence-corrected chi connectivity index (χ3v) is 4.41. The maximum Gasteiger partial charge on any atom is 0.296 e.